The van der Waals surface area contributed by atoms with E-state index >= 15 is 0 Å². The van der Waals surface area contributed by atoms with Gasteiger partial charge in [0, 0.05) is 5.92 Å². The number of benzene rings is 1. The first-order chi connectivity index (χ1) is 15.9. The molecule has 0 fully saturated rings. The van der Waals surface area contributed by atoms with E-state index in [1.807, 2.05) is 0 Å². The molecule has 1 rings (SSSR count). The van der Waals surface area contributed by atoms with Gasteiger partial charge in [0.05, 0.1) is 0 Å². The molecule has 0 aromatic heterocycles. The van der Waals surface area contributed by atoms with E-state index in [9.17, 15) is 0 Å². The van der Waals surface area contributed by atoms with Crippen molar-refractivity contribution in [3.63, 3.8) is 0 Å². The molecule has 1 aromatic carbocycles. The fraction of sp³-hybridized carbons (Fsp3) is 0.606. The smallest absolute Gasteiger partial charge is 0.358 e. The van der Waals surface area contributed by atoms with Crippen LogP contribution in [0, 0.1) is 81.6 Å². The molecule has 194 valence electrons. The standard InChI is InChI=1S/C32H50N.CH3.U/c1-8-28(19-20-29(25-33-7)22-23-30(9-2)27(5)6)21-24-32(18-14-13-15-26(3)4)31-16-11-10-12-17-31;;/h8,10-14,16-17,26-30,32H,1-2,9,15,18-25H2,3-6H3;1H3;/q2*-1;+2/b14-13+;;. The van der Waals surface area contributed by atoms with Crippen molar-refractivity contribution in [2.45, 2.75) is 91.4 Å². The molecular formula is C33H53NU. The number of hydrogen-bond donors (Lipinski definition) is 0. The minimum absolute atomic E-state index is 0. The van der Waals surface area contributed by atoms with Crippen LogP contribution in [0.5, 0.6) is 0 Å². The molecule has 0 saturated heterocycles. The summed E-state index contributed by atoms with van der Waals surface area (Å²) in [5.41, 5.74) is 1.45. The molecule has 4 unspecified atom stereocenters. The van der Waals surface area contributed by atoms with Gasteiger partial charge in [-0.15, -0.1) is 6.58 Å². The summed E-state index contributed by atoms with van der Waals surface area (Å²) in [6.45, 7) is 25.5. The normalized spacial score (nSPS) is 14.6. The van der Waals surface area contributed by atoms with E-state index in [4.69, 9.17) is 6.57 Å². The van der Waals surface area contributed by atoms with Crippen LogP contribution in [-0.2, 0) is 0 Å². The Balaban J connectivity index is 0. The molecule has 0 bridgehead atoms. The Morgan fingerprint density at radius 1 is 0.914 bits per heavy atom. The van der Waals surface area contributed by atoms with Gasteiger partial charge in [-0.1, -0.05) is 88.6 Å². The molecule has 0 aliphatic carbocycles. The molecule has 1 nitrogen and oxygen atoms in total. The summed E-state index contributed by atoms with van der Waals surface area (Å²) in [6.07, 6.45) is 17.2. The van der Waals surface area contributed by atoms with E-state index < -0.39 is 0 Å². The maximum Gasteiger partial charge on any atom is 2.00 e. The van der Waals surface area contributed by atoms with Crippen LogP contribution >= 0.6 is 0 Å². The van der Waals surface area contributed by atoms with Crippen LogP contribution in [0.1, 0.15) is 97.0 Å². The maximum absolute atomic E-state index is 7.40. The van der Waals surface area contributed by atoms with Gasteiger partial charge in [0.1, 0.15) is 0 Å². The third-order valence-corrected chi connectivity index (χ3v) is 7.24. The van der Waals surface area contributed by atoms with Gasteiger partial charge in [-0.25, -0.2) is 6.57 Å². The summed E-state index contributed by atoms with van der Waals surface area (Å²) in [4.78, 5) is 3.76. The van der Waals surface area contributed by atoms with Crippen molar-refractivity contribution in [1.29, 1.82) is 0 Å². The molecule has 0 amide bonds. The third kappa shape index (κ3) is 16.6. The average molecular weight is 702 g/mol. The molecule has 0 saturated carbocycles. The third-order valence-electron chi connectivity index (χ3n) is 7.24. The van der Waals surface area contributed by atoms with Crippen molar-refractivity contribution in [2.24, 2.45) is 29.6 Å². The molecule has 0 N–H and O–H groups in total. The maximum atomic E-state index is 7.40. The van der Waals surface area contributed by atoms with Crippen molar-refractivity contribution in [3.05, 3.63) is 86.5 Å². The second-order valence-electron chi connectivity index (χ2n) is 10.7. The first kappa shape index (κ1) is 36.4. The Hall–Kier alpha value is -0.758. The molecular weight excluding hydrogens is 648 g/mol. The summed E-state index contributed by atoms with van der Waals surface area (Å²) in [6, 6.07) is 11.0. The van der Waals surface area contributed by atoms with E-state index in [0.717, 1.165) is 44.4 Å². The van der Waals surface area contributed by atoms with Gasteiger partial charge in [-0.3, -0.25) is 0 Å². The first-order valence-corrected chi connectivity index (χ1v) is 13.4. The fourth-order valence-electron chi connectivity index (χ4n) is 4.74. The van der Waals surface area contributed by atoms with Crippen LogP contribution in [0.15, 0.2) is 55.1 Å². The zero-order chi connectivity index (χ0) is 24.5. The summed E-state index contributed by atoms with van der Waals surface area (Å²) in [5, 5.41) is 0. The van der Waals surface area contributed by atoms with Gasteiger partial charge in [-0.2, -0.15) is 6.42 Å². The van der Waals surface area contributed by atoms with Crippen LogP contribution < -0.4 is 0 Å². The van der Waals surface area contributed by atoms with Gasteiger partial charge in [-0.05, 0) is 74.2 Å². The molecule has 2 heteroatoms. The largest absolute Gasteiger partial charge is 2.00 e. The fourth-order valence-corrected chi connectivity index (χ4v) is 4.74. The van der Waals surface area contributed by atoms with E-state index in [2.05, 4.69) is 94.6 Å². The van der Waals surface area contributed by atoms with Crippen LogP contribution in [0.3, 0.4) is 0 Å². The van der Waals surface area contributed by atoms with Gasteiger partial charge >= 0.3 is 31.1 Å². The number of hydrogen-bond acceptors (Lipinski definition) is 0. The van der Waals surface area contributed by atoms with E-state index in [0.29, 0.717) is 36.1 Å². The second kappa shape index (κ2) is 22.4. The van der Waals surface area contributed by atoms with E-state index in [1.165, 1.54) is 24.8 Å². The van der Waals surface area contributed by atoms with Gasteiger partial charge in [0.25, 0.3) is 0 Å². The molecule has 35 heavy (non-hydrogen) atoms. The number of rotatable bonds is 18. The Morgan fingerprint density at radius 2 is 1.51 bits per heavy atom. The van der Waals surface area contributed by atoms with Crippen molar-refractivity contribution in [3.8, 4) is 0 Å². The van der Waals surface area contributed by atoms with E-state index in [-0.39, 0.29) is 38.5 Å². The van der Waals surface area contributed by atoms with Gasteiger partial charge in [0.15, 0.2) is 0 Å². The minimum atomic E-state index is 0. The zero-order valence-corrected chi connectivity index (χ0v) is 27.7. The first-order valence-electron chi connectivity index (χ1n) is 13.4. The quantitative estimate of drug-likeness (QED) is 0.106. The summed E-state index contributed by atoms with van der Waals surface area (Å²) >= 11 is 0. The van der Waals surface area contributed by atoms with Crippen LogP contribution in [-0.4, -0.2) is 6.54 Å². The van der Waals surface area contributed by atoms with Gasteiger partial charge in [0.2, 0.25) is 6.54 Å². The SMILES string of the molecule is [C-]#[N+]CC(CCC(C=C)CCC(C/C=C/CC(C)C)c1ccccc1)CCC(C[CH2-])C(C)C.[CH3-].[U+2]. The molecule has 0 aliphatic rings. The Morgan fingerprint density at radius 3 is 2.06 bits per heavy atom. The van der Waals surface area contributed by atoms with Crippen molar-refractivity contribution in [1.82, 2.24) is 0 Å². The monoisotopic (exact) mass is 701 g/mol. The molecule has 0 spiro atoms. The minimum Gasteiger partial charge on any atom is -0.358 e. The Bertz CT molecular complexity index is 685. The Kier molecular flexibility index (Phi) is 23.3. The Labute approximate surface area is 243 Å². The number of nitrogens with zero attached hydrogens (tertiary/aromatic N) is 1. The van der Waals surface area contributed by atoms with Crippen LogP contribution in [0.2, 0.25) is 0 Å². The topological polar surface area (TPSA) is 4.36 Å². The summed E-state index contributed by atoms with van der Waals surface area (Å²) < 4.78 is 0. The van der Waals surface area contributed by atoms with E-state index in [1.54, 1.807) is 0 Å². The molecule has 0 radical (unpaired) electrons. The van der Waals surface area contributed by atoms with Crippen molar-refractivity contribution < 1.29 is 31.1 Å². The summed E-state index contributed by atoms with van der Waals surface area (Å²) in [7, 11) is 0. The molecule has 4 atom stereocenters. The van der Waals surface area contributed by atoms with Crippen molar-refractivity contribution in [2.75, 3.05) is 6.54 Å². The van der Waals surface area contributed by atoms with Gasteiger partial charge < -0.3 is 19.2 Å². The molecule has 1 aromatic rings. The van der Waals surface area contributed by atoms with Crippen LogP contribution in [0.4, 0.5) is 0 Å². The predicted molar refractivity (Wildman–Crippen MR) is 153 cm³/mol. The zero-order valence-electron chi connectivity index (χ0n) is 23.5. The number of allylic oxidation sites excluding steroid dienone is 3. The average Bonchev–Trinajstić information content (AvgIpc) is 2.80. The summed E-state index contributed by atoms with van der Waals surface area (Å²) in [5.74, 6) is 3.71. The predicted octanol–water partition coefficient (Wildman–Crippen LogP) is 10.4. The van der Waals surface area contributed by atoms with Crippen molar-refractivity contribution >= 4 is 0 Å². The molecule has 0 aliphatic heterocycles. The van der Waals surface area contributed by atoms with Crippen LogP contribution in [0.25, 0.3) is 4.85 Å². The second-order valence-corrected chi connectivity index (χ2v) is 10.7. The molecule has 0 heterocycles.